The van der Waals surface area contributed by atoms with Crippen LogP contribution in [-0.4, -0.2) is 32.9 Å². The van der Waals surface area contributed by atoms with Crippen molar-refractivity contribution in [2.24, 2.45) is 0 Å². The zero-order valence-corrected chi connectivity index (χ0v) is 13.2. The molecule has 0 spiro atoms. The number of anilines is 1. The number of hydrogen-bond acceptors (Lipinski definition) is 4. The fraction of sp³-hybridized carbons (Fsp3) is 0.333. The predicted octanol–water partition coefficient (Wildman–Crippen LogP) is 2.57. The van der Waals surface area contributed by atoms with Crippen LogP contribution in [0.4, 0.5) is 5.69 Å². The van der Waals surface area contributed by atoms with E-state index >= 15 is 0 Å². The Balaban J connectivity index is 2.11. The Labute approximate surface area is 125 Å². The molecule has 2 rings (SSSR count). The van der Waals surface area contributed by atoms with Crippen molar-refractivity contribution in [3.05, 3.63) is 48.4 Å². The van der Waals surface area contributed by atoms with Crippen molar-refractivity contribution < 1.29 is 12.8 Å². The lowest BCUT2D eigenvalue weighted by Gasteiger charge is -2.16. The summed E-state index contributed by atoms with van der Waals surface area (Å²) in [5, 5.41) is 3.29. The summed E-state index contributed by atoms with van der Waals surface area (Å²) in [6, 6.07) is 10.7. The molecule has 6 heteroatoms. The largest absolute Gasteiger partial charge is 0.469 e. The maximum absolute atomic E-state index is 12.1. The topological polar surface area (TPSA) is 62.6 Å². The van der Waals surface area contributed by atoms with E-state index in [0.29, 0.717) is 0 Å². The van der Waals surface area contributed by atoms with Gasteiger partial charge in [-0.3, -0.25) is 0 Å². The SMILES string of the molecule is CC(Cc1ccco1)Nc1cccc(S(=O)(=O)N(C)C)c1. The molecule has 1 heterocycles. The minimum atomic E-state index is -3.41. The van der Waals surface area contributed by atoms with Gasteiger partial charge < -0.3 is 9.73 Å². The van der Waals surface area contributed by atoms with Crippen LogP contribution in [0.3, 0.4) is 0 Å². The van der Waals surface area contributed by atoms with E-state index in [-0.39, 0.29) is 10.9 Å². The molecule has 0 aliphatic heterocycles. The molecule has 1 N–H and O–H groups in total. The van der Waals surface area contributed by atoms with Gasteiger partial charge in [0.05, 0.1) is 11.2 Å². The minimum Gasteiger partial charge on any atom is -0.469 e. The summed E-state index contributed by atoms with van der Waals surface area (Å²) in [6.45, 7) is 2.02. The molecular weight excluding hydrogens is 288 g/mol. The Morgan fingerprint density at radius 2 is 2.00 bits per heavy atom. The van der Waals surface area contributed by atoms with Crippen LogP contribution in [0.1, 0.15) is 12.7 Å². The second kappa shape index (κ2) is 6.32. The standard InChI is InChI=1S/C15H20N2O3S/c1-12(10-14-7-5-9-20-14)16-13-6-4-8-15(11-13)21(18,19)17(2)3/h4-9,11-12,16H,10H2,1-3H3. The molecule has 1 aromatic carbocycles. The first-order chi connectivity index (χ1) is 9.89. The van der Waals surface area contributed by atoms with E-state index in [1.54, 1.807) is 24.5 Å². The zero-order chi connectivity index (χ0) is 15.5. The van der Waals surface area contributed by atoms with Crippen molar-refractivity contribution in [2.45, 2.75) is 24.3 Å². The summed E-state index contributed by atoms with van der Waals surface area (Å²) in [5.74, 6) is 0.895. The van der Waals surface area contributed by atoms with Crippen LogP contribution in [-0.2, 0) is 16.4 Å². The number of furan rings is 1. The number of nitrogens with zero attached hydrogens (tertiary/aromatic N) is 1. The van der Waals surface area contributed by atoms with Gasteiger partial charge in [0.25, 0.3) is 0 Å². The normalized spacial score (nSPS) is 13.3. The molecule has 0 aliphatic carbocycles. The second-order valence-electron chi connectivity index (χ2n) is 5.14. The predicted molar refractivity (Wildman–Crippen MR) is 82.8 cm³/mol. The second-order valence-corrected chi connectivity index (χ2v) is 7.30. The van der Waals surface area contributed by atoms with Crippen LogP contribution in [0.15, 0.2) is 52.0 Å². The van der Waals surface area contributed by atoms with Crippen molar-refractivity contribution in [3.8, 4) is 0 Å². The first-order valence-electron chi connectivity index (χ1n) is 6.71. The molecule has 1 aromatic heterocycles. The molecule has 1 atom stereocenters. The molecule has 0 bridgehead atoms. The van der Waals surface area contributed by atoms with Crippen LogP contribution < -0.4 is 5.32 Å². The van der Waals surface area contributed by atoms with Crippen molar-refractivity contribution in [3.63, 3.8) is 0 Å². The van der Waals surface area contributed by atoms with Crippen molar-refractivity contribution in [2.75, 3.05) is 19.4 Å². The lowest BCUT2D eigenvalue weighted by atomic mass is 10.2. The van der Waals surface area contributed by atoms with E-state index in [1.165, 1.54) is 18.4 Å². The fourth-order valence-corrected chi connectivity index (χ4v) is 2.97. The van der Waals surface area contributed by atoms with Crippen molar-refractivity contribution in [1.82, 2.24) is 4.31 Å². The van der Waals surface area contributed by atoms with E-state index < -0.39 is 10.0 Å². The summed E-state index contributed by atoms with van der Waals surface area (Å²) in [4.78, 5) is 0.280. The van der Waals surface area contributed by atoms with Gasteiger partial charge >= 0.3 is 0 Å². The summed E-state index contributed by atoms with van der Waals surface area (Å²) in [7, 11) is -0.365. The number of hydrogen-bond donors (Lipinski definition) is 1. The van der Waals surface area contributed by atoms with Crippen LogP contribution in [0, 0.1) is 0 Å². The Hall–Kier alpha value is -1.79. The van der Waals surface area contributed by atoms with E-state index in [2.05, 4.69) is 5.32 Å². The van der Waals surface area contributed by atoms with Gasteiger partial charge in [0.15, 0.2) is 0 Å². The van der Waals surface area contributed by atoms with Crippen LogP contribution >= 0.6 is 0 Å². The molecule has 1 unspecified atom stereocenters. The Morgan fingerprint density at radius 1 is 1.24 bits per heavy atom. The zero-order valence-electron chi connectivity index (χ0n) is 12.4. The van der Waals surface area contributed by atoms with Crippen molar-refractivity contribution >= 4 is 15.7 Å². The lowest BCUT2D eigenvalue weighted by molar-refractivity contribution is 0.497. The van der Waals surface area contributed by atoms with E-state index in [1.807, 2.05) is 25.1 Å². The van der Waals surface area contributed by atoms with Gasteiger partial charge in [-0.15, -0.1) is 0 Å². The van der Waals surface area contributed by atoms with E-state index in [4.69, 9.17) is 4.42 Å². The molecule has 0 saturated carbocycles. The maximum atomic E-state index is 12.1. The Morgan fingerprint density at radius 3 is 2.62 bits per heavy atom. The van der Waals surface area contributed by atoms with Gasteiger partial charge in [0.1, 0.15) is 5.76 Å². The first kappa shape index (κ1) is 15.6. The lowest BCUT2D eigenvalue weighted by Crippen LogP contribution is -2.23. The van der Waals surface area contributed by atoms with Gasteiger partial charge in [0, 0.05) is 32.2 Å². The molecule has 114 valence electrons. The highest BCUT2D eigenvalue weighted by Gasteiger charge is 2.17. The van der Waals surface area contributed by atoms with Gasteiger partial charge in [-0.05, 0) is 37.3 Å². The molecule has 0 amide bonds. The van der Waals surface area contributed by atoms with E-state index in [0.717, 1.165) is 17.9 Å². The molecule has 5 nitrogen and oxygen atoms in total. The molecular formula is C15H20N2O3S. The molecule has 21 heavy (non-hydrogen) atoms. The van der Waals surface area contributed by atoms with Gasteiger partial charge in [-0.25, -0.2) is 12.7 Å². The van der Waals surface area contributed by atoms with Gasteiger partial charge in [-0.2, -0.15) is 0 Å². The average Bonchev–Trinajstić information content (AvgIpc) is 2.91. The quantitative estimate of drug-likeness (QED) is 0.891. The smallest absolute Gasteiger partial charge is 0.242 e. The van der Waals surface area contributed by atoms with Crippen LogP contribution in [0.2, 0.25) is 0 Å². The average molecular weight is 308 g/mol. The van der Waals surface area contributed by atoms with Gasteiger partial charge in [0.2, 0.25) is 10.0 Å². The molecule has 0 fully saturated rings. The summed E-state index contributed by atoms with van der Waals surface area (Å²) < 4.78 is 30.7. The third kappa shape index (κ3) is 3.86. The summed E-state index contributed by atoms with van der Waals surface area (Å²) >= 11 is 0. The highest BCUT2D eigenvalue weighted by molar-refractivity contribution is 7.89. The highest BCUT2D eigenvalue weighted by Crippen LogP contribution is 2.19. The van der Waals surface area contributed by atoms with Crippen LogP contribution in [0.25, 0.3) is 0 Å². The maximum Gasteiger partial charge on any atom is 0.242 e. The highest BCUT2D eigenvalue weighted by atomic mass is 32.2. The van der Waals surface area contributed by atoms with Crippen LogP contribution in [0.5, 0.6) is 0 Å². The molecule has 0 saturated heterocycles. The third-order valence-corrected chi connectivity index (χ3v) is 4.92. The number of sulfonamides is 1. The van der Waals surface area contributed by atoms with Crippen molar-refractivity contribution in [1.29, 1.82) is 0 Å². The first-order valence-corrected chi connectivity index (χ1v) is 8.15. The summed E-state index contributed by atoms with van der Waals surface area (Å²) in [5.41, 5.74) is 0.775. The number of rotatable bonds is 6. The summed E-state index contributed by atoms with van der Waals surface area (Å²) in [6.07, 6.45) is 2.38. The molecule has 2 aromatic rings. The molecule has 0 aliphatic rings. The van der Waals surface area contributed by atoms with E-state index in [9.17, 15) is 8.42 Å². The van der Waals surface area contributed by atoms with Gasteiger partial charge in [-0.1, -0.05) is 6.07 Å². The monoisotopic (exact) mass is 308 g/mol. The fourth-order valence-electron chi connectivity index (χ4n) is 2.02. The minimum absolute atomic E-state index is 0.133. The number of benzene rings is 1. The third-order valence-electron chi connectivity index (χ3n) is 3.11. The Bertz CT molecular complexity index is 679. The number of nitrogens with one attached hydrogen (secondary N) is 1. The Kier molecular flexibility index (Phi) is 4.69. The molecule has 0 radical (unpaired) electrons.